The Morgan fingerprint density at radius 3 is 2.82 bits per heavy atom. The summed E-state index contributed by atoms with van der Waals surface area (Å²) in [6.45, 7) is 4.22. The molecule has 2 atom stereocenters. The van der Waals surface area contributed by atoms with Crippen LogP contribution < -0.4 is 10.0 Å². The SMILES string of the molecule is CNS(=O)(=O)c1cccc([C@H](C)NCC[C@@H]2CCCN2C)c1. The van der Waals surface area contributed by atoms with Crippen molar-refractivity contribution in [2.75, 3.05) is 27.2 Å². The minimum Gasteiger partial charge on any atom is -0.310 e. The number of sulfonamides is 1. The van der Waals surface area contributed by atoms with Gasteiger partial charge in [0.05, 0.1) is 4.90 Å². The molecule has 0 radical (unpaired) electrons. The molecule has 22 heavy (non-hydrogen) atoms. The largest absolute Gasteiger partial charge is 0.310 e. The normalized spacial score (nSPS) is 21.1. The van der Waals surface area contributed by atoms with Gasteiger partial charge in [0.15, 0.2) is 0 Å². The van der Waals surface area contributed by atoms with Gasteiger partial charge in [0.2, 0.25) is 10.0 Å². The number of likely N-dealkylation sites (tertiary alicyclic amines) is 1. The van der Waals surface area contributed by atoms with Crippen molar-refractivity contribution in [2.45, 2.75) is 43.2 Å². The van der Waals surface area contributed by atoms with E-state index in [1.807, 2.05) is 6.07 Å². The molecular weight excluding hydrogens is 298 g/mol. The molecule has 124 valence electrons. The maximum atomic E-state index is 11.9. The molecule has 1 saturated heterocycles. The Bertz CT molecular complexity index is 589. The molecule has 1 fully saturated rings. The first-order valence-corrected chi connectivity index (χ1v) is 9.39. The summed E-state index contributed by atoms with van der Waals surface area (Å²) in [7, 11) is 0.240. The van der Waals surface area contributed by atoms with Gasteiger partial charge >= 0.3 is 0 Å². The molecule has 1 aromatic carbocycles. The molecule has 2 rings (SSSR count). The number of hydrogen-bond donors (Lipinski definition) is 2. The predicted octanol–water partition coefficient (Wildman–Crippen LogP) is 1.73. The topological polar surface area (TPSA) is 61.4 Å². The summed E-state index contributed by atoms with van der Waals surface area (Å²) in [6, 6.07) is 7.94. The Balaban J connectivity index is 1.92. The van der Waals surface area contributed by atoms with Crippen LogP contribution in [0.4, 0.5) is 0 Å². The molecule has 0 amide bonds. The van der Waals surface area contributed by atoms with Crippen LogP contribution in [0.15, 0.2) is 29.2 Å². The third kappa shape index (κ3) is 4.29. The number of hydrogen-bond acceptors (Lipinski definition) is 4. The lowest BCUT2D eigenvalue weighted by molar-refractivity contribution is 0.291. The maximum Gasteiger partial charge on any atom is 0.240 e. The van der Waals surface area contributed by atoms with Gasteiger partial charge in [0, 0.05) is 12.1 Å². The smallest absolute Gasteiger partial charge is 0.240 e. The molecule has 0 aromatic heterocycles. The molecule has 0 spiro atoms. The van der Waals surface area contributed by atoms with Gasteiger partial charge in [-0.3, -0.25) is 0 Å². The summed E-state index contributed by atoms with van der Waals surface area (Å²) in [4.78, 5) is 2.74. The number of rotatable bonds is 7. The van der Waals surface area contributed by atoms with Crippen molar-refractivity contribution < 1.29 is 8.42 Å². The summed E-state index contributed by atoms with van der Waals surface area (Å²) in [6.07, 6.45) is 3.71. The Kier molecular flexibility index (Phi) is 5.97. The van der Waals surface area contributed by atoms with Gasteiger partial charge in [0.1, 0.15) is 0 Å². The summed E-state index contributed by atoms with van der Waals surface area (Å²) < 4.78 is 26.1. The zero-order valence-electron chi connectivity index (χ0n) is 13.7. The summed E-state index contributed by atoms with van der Waals surface area (Å²) in [5, 5.41) is 3.50. The summed E-state index contributed by atoms with van der Waals surface area (Å²) in [5.41, 5.74) is 0.996. The van der Waals surface area contributed by atoms with Crippen LogP contribution in [0, 0.1) is 0 Å². The van der Waals surface area contributed by atoms with Crippen LogP contribution in [-0.4, -0.2) is 46.5 Å². The second-order valence-corrected chi connectivity index (χ2v) is 7.91. The van der Waals surface area contributed by atoms with Crippen molar-refractivity contribution in [3.05, 3.63) is 29.8 Å². The zero-order chi connectivity index (χ0) is 16.2. The van der Waals surface area contributed by atoms with Gasteiger partial charge in [-0.05, 0) is 71.1 Å². The standard InChI is InChI=1S/C16H27N3O2S/c1-13(18-10-9-15-7-5-11-19(15)3)14-6-4-8-16(12-14)22(20,21)17-2/h4,6,8,12-13,15,17-18H,5,7,9-11H2,1-3H3/t13-,15-/m0/s1. The van der Waals surface area contributed by atoms with E-state index in [1.54, 1.807) is 18.2 Å². The first-order chi connectivity index (χ1) is 10.4. The molecule has 0 aliphatic carbocycles. The van der Waals surface area contributed by atoms with E-state index in [0.717, 1.165) is 18.5 Å². The second-order valence-electron chi connectivity index (χ2n) is 6.02. The van der Waals surface area contributed by atoms with Crippen LogP contribution in [0.5, 0.6) is 0 Å². The Morgan fingerprint density at radius 1 is 1.41 bits per heavy atom. The summed E-state index contributed by atoms with van der Waals surface area (Å²) in [5.74, 6) is 0. The Labute approximate surface area is 134 Å². The predicted molar refractivity (Wildman–Crippen MR) is 89.4 cm³/mol. The number of nitrogens with zero attached hydrogens (tertiary/aromatic N) is 1. The van der Waals surface area contributed by atoms with Gasteiger partial charge in [-0.2, -0.15) is 0 Å². The zero-order valence-corrected chi connectivity index (χ0v) is 14.5. The number of benzene rings is 1. The van der Waals surface area contributed by atoms with Crippen LogP contribution in [-0.2, 0) is 10.0 Å². The molecule has 1 aliphatic rings. The molecule has 0 saturated carbocycles. The lowest BCUT2D eigenvalue weighted by atomic mass is 10.1. The first-order valence-electron chi connectivity index (χ1n) is 7.91. The van der Waals surface area contributed by atoms with Crippen molar-refractivity contribution in [3.63, 3.8) is 0 Å². The van der Waals surface area contributed by atoms with Crippen LogP contribution >= 0.6 is 0 Å². The lowest BCUT2D eigenvalue weighted by Gasteiger charge is -2.21. The van der Waals surface area contributed by atoms with E-state index in [2.05, 4.69) is 28.9 Å². The van der Waals surface area contributed by atoms with Crippen molar-refractivity contribution in [2.24, 2.45) is 0 Å². The monoisotopic (exact) mass is 325 g/mol. The highest BCUT2D eigenvalue weighted by atomic mass is 32.2. The number of nitrogens with one attached hydrogen (secondary N) is 2. The Hall–Kier alpha value is -0.950. The van der Waals surface area contributed by atoms with Crippen LogP contribution in [0.3, 0.4) is 0 Å². The molecule has 5 nitrogen and oxygen atoms in total. The van der Waals surface area contributed by atoms with Crippen LogP contribution in [0.1, 0.15) is 37.8 Å². The quantitative estimate of drug-likeness (QED) is 0.801. The van der Waals surface area contributed by atoms with Crippen LogP contribution in [0.2, 0.25) is 0 Å². The fourth-order valence-electron chi connectivity index (χ4n) is 3.00. The second kappa shape index (κ2) is 7.55. The van der Waals surface area contributed by atoms with Crippen molar-refractivity contribution in [3.8, 4) is 0 Å². The van der Waals surface area contributed by atoms with Gasteiger partial charge in [-0.25, -0.2) is 13.1 Å². The van der Waals surface area contributed by atoms with E-state index < -0.39 is 10.0 Å². The van der Waals surface area contributed by atoms with Gasteiger partial charge in [-0.15, -0.1) is 0 Å². The average molecular weight is 325 g/mol. The maximum absolute atomic E-state index is 11.9. The van der Waals surface area contributed by atoms with Crippen molar-refractivity contribution in [1.82, 2.24) is 14.9 Å². The highest BCUT2D eigenvalue weighted by Crippen LogP contribution is 2.19. The van der Waals surface area contributed by atoms with Gasteiger partial charge in [-0.1, -0.05) is 12.1 Å². The van der Waals surface area contributed by atoms with Crippen molar-refractivity contribution in [1.29, 1.82) is 0 Å². The van der Waals surface area contributed by atoms with E-state index in [9.17, 15) is 8.42 Å². The van der Waals surface area contributed by atoms with Crippen molar-refractivity contribution >= 4 is 10.0 Å². The van der Waals surface area contributed by atoms with E-state index >= 15 is 0 Å². The third-order valence-corrected chi connectivity index (χ3v) is 5.95. The fraction of sp³-hybridized carbons (Fsp3) is 0.625. The van der Waals surface area contributed by atoms with Crippen LogP contribution in [0.25, 0.3) is 0 Å². The highest BCUT2D eigenvalue weighted by molar-refractivity contribution is 7.89. The van der Waals surface area contributed by atoms with E-state index in [4.69, 9.17) is 0 Å². The molecule has 6 heteroatoms. The summed E-state index contributed by atoms with van der Waals surface area (Å²) >= 11 is 0. The third-order valence-electron chi connectivity index (χ3n) is 4.54. The average Bonchev–Trinajstić information content (AvgIpc) is 2.92. The Morgan fingerprint density at radius 2 is 2.18 bits per heavy atom. The minimum atomic E-state index is -3.38. The molecule has 1 aromatic rings. The molecular formula is C16H27N3O2S. The molecule has 1 heterocycles. The first kappa shape index (κ1) is 17.4. The molecule has 0 bridgehead atoms. The van der Waals surface area contributed by atoms with E-state index in [-0.39, 0.29) is 6.04 Å². The van der Waals surface area contributed by atoms with Gasteiger partial charge in [0.25, 0.3) is 0 Å². The lowest BCUT2D eigenvalue weighted by Crippen LogP contribution is -2.30. The highest BCUT2D eigenvalue weighted by Gasteiger charge is 2.20. The minimum absolute atomic E-state index is 0.138. The van der Waals surface area contributed by atoms with E-state index in [0.29, 0.717) is 10.9 Å². The molecule has 0 unspecified atom stereocenters. The van der Waals surface area contributed by atoms with E-state index in [1.165, 1.54) is 26.4 Å². The molecule has 1 aliphatic heterocycles. The molecule has 2 N–H and O–H groups in total. The fourth-order valence-corrected chi connectivity index (χ4v) is 3.78. The van der Waals surface area contributed by atoms with Gasteiger partial charge < -0.3 is 10.2 Å².